The van der Waals surface area contributed by atoms with Crippen LogP contribution in [0.25, 0.3) is 22.3 Å². The molecule has 2 heterocycles. The van der Waals surface area contributed by atoms with Gasteiger partial charge in [-0.3, -0.25) is 14.3 Å². The van der Waals surface area contributed by atoms with Gasteiger partial charge in [-0.2, -0.15) is 5.10 Å². The molecule has 0 spiro atoms. The lowest BCUT2D eigenvalue weighted by atomic mass is 10.0. The van der Waals surface area contributed by atoms with Gasteiger partial charge in [0.1, 0.15) is 0 Å². The highest BCUT2D eigenvalue weighted by Crippen LogP contribution is 2.26. The van der Waals surface area contributed by atoms with Crippen LogP contribution in [-0.2, 0) is 11.8 Å². The van der Waals surface area contributed by atoms with Crippen LogP contribution in [-0.4, -0.2) is 39.7 Å². The van der Waals surface area contributed by atoms with Gasteiger partial charge >= 0.3 is 0 Å². The van der Waals surface area contributed by atoms with E-state index in [2.05, 4.69) is 26.6 Å². The fourth-order valence-corrected chi connectivity index (χ4v) is 3.00. The lowest BCUT2D eigenvalue weighted by molar-refractivity contribution is -0.120. The van der Waals surface area contributed by atoms with Crippen molar-refractivity contribution in [2.75, 3.05) is 13.1 Å². The van der Waals surface area contributed by atoms with Crippen LogP contribution in [0.2, 0.25) is 0 Å². The van der Waals surface area contributed by atoms with E-state index in [9.17, 15) is 9.59 Å². The Morgan fingerprint density at radius 1 is 1.21 bits per heavy atom. The van der Waals surface area contributed by atoms with Crippen LogP contribution in [0, 0.1) is 19.3 Å². The summed E-state index contributed by atoms with van der Waals surface area (Å²) in [4.78, 5) is 29.2. The number of hydrogen-bond acceptors (Lipinski definition) is 4. The fraction of sp³-hybridized carbons (Fsp3) is 0.238. The molecular formula is C21H21N5O2. The van der Waals surface area contributed by atoms with Crippen molar-refractivity contribution < 1.29 is 9.59 Å². The van der Waals surface area contributed by atoms with Gasteiger partial charge in [0.15, 0.2) is 5.65 Å². The van der Waals surface area contributed by atoms with E-state index in [-0.39, 0.29) is 31.3 Å². The van der Waals surface area contributed by atoms with Crippen molar-refractivity contribution in [3.8, 4) is 23.6 Å². The molecule has 7 heteroatoms. The molecule has 0 aliphatic carbocycles. The average Bonchev–Trinajstić information content (AvgIpc) is 3.00. The van der Waals surface area contributed by atoms with Crippen molar-refractivity contribution in [1.82, 2.24) is 25.4 Å². The summed E-state index contributed by atoms with van der Waals surface area (Å²) in [5, 5.41) is 10.5. The van der Waals surface area contributed by atoms with Crippen LogP contribution < -0.4 is 10.6 Å². The SMILES string of the molecule is C#CCNC(=O)CCNC(=O)c1cc(-c2ccccc2)nc2c1c(C)nn2C. The zero-order chi connectivity index (χ0) is 20.1. The third kappa shape index (κ3) is 4.01. The molecule has 0 fully saturated rings. The van der Waals surface area contributed by atoms with Crippen LogP contribution in [0.3, 0.4) is 0 Å². The van der Waals surface area contributed by atoms with Gasteiger partial charge in [0.25, 0.3) is 5.91 Å². The van der Waals surface area contributed by atoms with E-state index in [0.29, 0.717) is 22.3 Å². The molecule has 0 atom stereocenters. The number of amides is 2. The minimum atomic E-state index is -0.273. The number of pyridine rings is 1. The van der Waals surface area contributed by atoms with Crippen molar-refractivity contribution in [3.05, 3.63) is 47.7 Å². The van der Waals surface area contributed by atoms with Crippen molar-refractivity contribution in [3.63, 3.8) is 0 Å². The maximum absolute atomic E-state index is 12.9. The second-order valence-electron chi connectivity index (χ2n) is 6.32. The number of fused-ring (bicyclic) bond motifs is 1. The Kier molecular flexibility index (Phi) is 5.70. The minimum Gasteiger partial charge on any atom is -0.351 e. The number of rotatable bonds is 6. The first-order valence-corrected chi connectivity index (χ1v) is 8.89. The molecule has 142 valence electrons. The number of hydrogen-bond donors (Lipinski definition) is 2. The Morgan fingerprint density at radius 3 is 2.68 bits per heavy atom. The third-order valence-electron chi connectivity index (χ3n) is 4.31. The highest BCUT2D eigenvalue weighted by Gasteiger charge is 2.19. The molecule has 0 aliphatic rings. The zero-order valence-electron chi connectivity index (χ0n) is 15.8. The van der Waals surface area contributed by atoms with Gasteiger partial charge < -0.3 is 10.6 Å². The van der Waals surface area contributed by atoms with Crippen LogP contribution in [0.1, 0.15) is 22.5 Å². The highest BCUT2D eigenvalue weighted by atomic mass is 16.2. The third-order valence-corrected chi connectivity index (χ3v) is 4.31. The predicted octanol–water partition coefficient (Wildman–Crippen LogP) is 1.81. The predicted molar refractivity (Wildman–Crippen MR) is 107 cm³/mol. The molecule has 2 amide bonds. The Bertz CT molecular complexity index is 1060. The van der Waals surface area contributed by atoms with E-state index in [4.69, 9.17) is 6.42 Å². The van der Waals surface area contributed by atoms with Crippen molar-refractivity contribution in [1.29, 1.82) is 0 Å². The van der Waals surface area contributed by atoms with Crippen LogP contribution in [0.15, 0.2) is 36.4 Å². The molecule has 2 aromatic heterocycles. The molecule has 0 aliphatic heterocycles. The second kappa shape index (κ2) is 8.35. The van der Waals surface area contributed by atoms with E-state index in [1.807, 2.05) is 37.3 Å². The topological polar surface area (TPSA) is 88.9 Å². The molecule has 0 unspecified atom stereocenters. The summed E-state index contributed by atoms with van der Waals surface area (Å²) in [6.45, 7) is 2.22. The van der Waals surface area contributed by atoms with E-state index in [1.165, 1.54) is 0 Å². The maximum Gasteiger partial charge on any atom is 0.252 e. The van der Waals surface area contributed by atoms with Gasteiger partial charge in [-0.1, -0.05) is 36.3 Å². The molecule has 0 saturated heterocycles. The summed E-state index contributed by atoms with van der Waals surface area (Å²) in [6, 6.07) is 11.4. The Hall–Kier alpha value is -3.66. The summed E-state index contributed by atoms with van der Waals surface area (Å²) in [5.74, 6) is 1.86. The number of carbonyl (C=O) groups excluding carboxylic acids is 2. The van der Waals surface area contributed by atoms with Crippen LogP contribution >= 0.6 is 0 Å². The molecule has 7 nitrogen and oxygen atoms in total. The number of aromatic nitrogens is 3. The summed E-state index contributed by atoms with van der Waals surface area (Å²) < 4.78 is 1.67. The Labute approximate surface area is 163 Å². The lowest BCUT2D eigenvalue weighted by Crippen LogP contribution is -2.31. The van der Waals surface area contributed by atoms with Gasteiger partial charge in [-0.05, 0) is 13.0 Å². The van der Waals surface area contributed by atoms with E-state index in [0.717, 1.165) is 11.3 Å². The molecule has 2 N–H and O–H groups in total. The van der Waals surface area contributed by atoms with Gasteiger partial charge in [-0.15, -0.1) is 6.42 Å². The van der Waals surface area contributed by atoms with E-state index in [1.54, 1.807) is 17.8 Å². The smallest absolute Gasteiger partial charge is 0.252 e. The first-order valence-electron chi connectivity index (χ1n) is 8.89. The summed E-state index contributed by atoms with van der Waals surface area (Å²) >= 11 is 0. The second-order valence-corrected chi connectivity index (χ2v) is 6.32. The molecule has 3 rings (SSSR count). The molecule has 0 radical (unpaired) electrons. The van der Waals surface area contributed by atoms with Gasteiger partial charge in [0, 0.05) is 25.6 Å². The molecule has 3 aromatic rings. The van der Waals surface area contributed by atoms with Gasteiger partial charge in [0.2, 0.25) is 5.91 Å². The largest absolute Gasteiger partial charge is 0.351 e. The number of nitrogens with zero attached hydrogens (tertiary/aromatic N) is 3. The van der Waals surface area contributed by atoms with Gasteiger partial charge in [0.05, 0.1) is 28.9 Å². The zero-order valence-corrected chi connectivity index (χ0v) is 15.8. The first kappa shape index (κ1) is 19.1. The van der Waals surface area contributed by atoms with E-state index < -0.39 is 0 Å². The minimum absolute atomic E-state index is 0.152. The van der Waals surface area contributed by atoms with Crippen molar-refractivity contribution >= 4 is 22.8 Å². The number of terminal acetylenes is 1. The summed E-state index contributed by atoms with van der Waals surface area (Å²) in [7, 11) is 1.80. The number of nitrogens with one attached hydrogen (secondary N) is 2. The Morgan fingerprint density at radius 2 is 1.96 bits per heavy atom. The van der Waals surface area contributed by atoms with Gasteiger partial charge in [-0.25, -0.2) is 4.98 Å². The van der Waals surface area contributed by atoms with Crippen LogP contribution in [0.5, 0.6) is 0 Å². The standard InChI is InChI=1S/C21H21N5O2/c1-4-11-22-18(27)10-12-23-21(28)16-13-17(15-8-6-5-7-9-15)24-20-19(16)14(2)25-26(20)3/h1,5-9,13H,10-12H2,2-3H3,(H,22,27)(H,23,28). The van der Waals surface area contributed by atoms with Crippen LogP contribution in [0.4, 0.5) is 0 Å². The molecule has 0 bridgehead atoms. The molecule has 28 heavy (non-hydrogen) atoms. The lowest BCUT2D eigenvalue weighted by Gasteiger charge is -2.09. The molecule has 0 saturated carbocycles. The monoisotopic (exact) mass is 375 g/mol. The number of carbonyl (C=O) groups is 2. The maximum atomic E-state index is 12.9. The Balaban J connectivity index is 1.90. The molecule has 1 aromatic carbocycles. The number of benzene rings is 1. The molecular weight excluding hydrogens is 354 g/mol. The summed E-state index contributed by atoms with van der Waals surface area (Å²) in [5.41, 5.74) is 3.44. The van der Waals surface area contributed by atoms with Crippen molar-refractivity contribution in [2.24, 2.45) is 7.05 Å². The van der Waals surface area contributed by atoms with Crippen molar-refractivity contribution in [2.45, 2.75) is 13.3 Å². The highest BCUT2D eigenvalue weighted by molar-refractivity contribution is 6.07. The number of aryl methyl sites for hydroxylation is 2. The fourth-order valence-electron chi connectivity index (χ4n) is 3.00. The summed E-state index contributed by atoms with van der Waals surface area (Å²) in [6.07, 6.45) is 5.26. The normalized spacial score (nSPS) is 10.5. The van der Waals surface area contributed by atoms with E-state index >= 15 is 0 Å². The quantitative estimate of drug-likeness (QED) is 0.643. The first-order chi connectivity index (χ1) is 13.5. The average molecular weight is 375 g/mol.